The van der Waals surface area contributed by atoms with Gasteiger partial charge in [0.2, 0.25) is 0 Å². The fraction of sp³-hybridized carbons (Fsp3) is 0.455. The monoisotopic (exact) mass is 406 g/mol. The van der Waals surface area contributed by atoms with E-state index in [9.17, 15) is 0 Å². The number of nitrogens with zero attached hydrogens (tertiary/aromatic N) is 1. The molecule has 1 fully saturated rings. The van der Waals surface area contributed by atoms with Crippen molar-refractivity contribution in [3.8, 4) is 5.75 Å². The largest absolute Gasteiger partial charge is 0.492 e. The molecule has 0 aromatic heterocycles. The number of likely N-dealkylation sites (tertiary alicyclic amines) is 1. The molecular weight excluding hydrogens is 379 g/mol. The normalized spacial score (nSPS) is 19.0. The van der Waals surface area contributed by atoms with Gasteiger partial charge in [-0.25, -0.2) is 0 Å². The topological polar surface area (TPSA) is 24.5 Å². The van der Waals surface area contributed by atoms with Gasteiger partial charge in [-0.3, -0.25) is 0 Å². The molecule has 0 spiro atoms. The van der Waals surface area contributed by atoms with E-state index in [-0.39, 0.29) is 6.04 Å². The summed E-state index contributed by atoms with van der Waals surface area (Å²) in [5.41, 5.74) is 2.33. The summed E-state index contributed by atoms with van der Waals surface area (Å²) in [6.07, 6.45) is 2.46. The van der Waals surface area contributed by atoms with Crippen LogP contribution in [0.5, 0.6) is 5.75 Å². The smallest absolute Gasteiger partial charge is 0.138 e. The fourth-order valence-corrected chi connectivity index (χ4v) is 3.92. The molecular formula is C22H28Cl2N2O. The summed E-state index contributed by atoms with van der Waals surface area (Å²) in [5.74, 6) is 1.35. The van der Waals surface area contributed by atoms with Gasteiger partial charge in [0, 0.05) is 30.1 Å². The molecule has 2 aromatic rings. The van der Waals surface area contributed by atoms with Gasteiger partial charge in [-0.05, 0) is 68.8 Å². The SMILES string of the molecule is CC(NCc1ccc(Cl)c(OCC2CCCN(C)C2)c1)c1cccc(Cl)c1. The lowest BCUT2D eigenvalue weighted by atomic mass is 9.99. The van der Waals surface area contributed by atoms with E-state index in [1.165, 1.54) is 24.9 Å². The number of hydrogen-bond donors (Lipinski definition) is 1. The van der Waals surface area contributed by atoms with Gasteiger partial charge in [0.1, 0.15) is 5.75 Å². The minimum Gasteiger partial charge on any atom is -0.492 e. The van der Waals surface area contributed by atoms with Crippen molar-refractivity contribution >= 4 is 23.2 Å². The first-order valence-electron chi connectivity index (χ1n) is 9.60. The molecule has 5 heteroatoms. The number of nitrogens with one attached hydrogen (secondary N) is 1. The van der Waals surface area contributed by atoms with Crippen molar-refractivity contribution in [3.63, 3.8) is 0 Å². The second-order valence-corrected chi connectivity index (χ2v) is 8.35. The lowest BCUT2D eigenvalue weighted by Crippen LogP contribution is -2.34. The first kappa shape index (κ1) is 20.5. The molecule has 2 unspecified atom stereocenters. The Hall–Kier alpha value is -1.26. The van der Waals surface area contributed by atoms with Crippen LogP contribution in [0.3, 0.4) is 0 Å². The van der Waals surface area contributed by atoms with Crippen molar-refractivity contribution < 1.29 is 4.74 Å². The van der Waals surface area contributed by atoms with Crippen molar-refractivity contribution in [1.82, 2.24) is 10.2 Å². The van der Waals surface area contributed by atoms with E-state index in [0.29, 0.717) is 10.9 Å². The average molecular weight is 407 g/mol. The van der Waals surface area contributed by atoms with Crippen molar-refractivity contribution in [1.29, 1.82) is 0 Å². The molecule has 0 amide bonds. The Morgan fingerprint density at radius 3 is 2.85 bits per heavy atom. The predicted octanol–water partition coefficient (Wildman–Crippen LogP) is 5.56. The highest BCUT2D eigenvalue weighted by Gasteiger charge is 2.18. The molecule has 0 saturated carbocycles. The summed E-state index contributed by atoms with van der Waals surface area (Å²) >= 11 is 12.4. The van der Waals surface area contributed by atoms with Gasteiger partial charge in [-0.1, -0.05) is 41.4 Å². The second kappa shape index (κ2) is 9.79. The highest BCUT2D eigenvalue weighted by atomic mass is 35.5. The Morgan fingerprint density at radius 1 is 1.22 bits per heavy atom. The summed E-state index contributed by atoms with van der Waals surface area (Å²) in [4.78, 5) is 2.37. The van der Waals surface area contributed by atoms with Crippen LogP contribution in [0.4, 0.5) is 0 Å². The number of halogens is 2. The Balaban J connectivity index is 1.56. The summed E-state index contributed by atoms with van der Waals surface area (Å²) in [6, 6.07) is 14.2. The maximum absolute atomic E-state index is 6.35. The molecule has 3 nitrogen and oxygen atoms in total. The van der Waals surface area contributed by atoms with Gasteiger partial charge < -0.3 is 15.0 Å². The summed E-state index contributed by atoms with van der Waals surface area (Å²) in [5, 5.41) is 4.97. The zero-order chi connectivity index (χ0) is 19.2. The van der Waals surface area contributed by atoms with Crippen molar-refractivity contribution in [3.05, 3.63) is 63.6 Å². The highest BCUT2D eigenvalue weighted by molar-refractivity contribution is 6.32. The van der Waals surface area contributed by atoms with E-state index in [2.05, 4.69) is 30.3 Å². The molecule has 146 valence electrons. The first-order valence-corrected chi connectivity index (χ1v) is 10.4. The standard InChI is InChI=1S/C22H28Cl2N2O/c1-16(19-6-3-7-20(23)12-19)25-13-17-8-9-21(24)22(11-17)27-15-18-5-4-10-26(2)14-18/h3,6-9,11-12,16,18,25H,4-5,10,13-15H2,1-2H3. The third-order valence-electron chi connectivity index (χ3n) is 5.15. The van der Waals surface area contributed by atoms with Crippen LogP contribution >= 0.6 is 23.2 Å². The molecule has 1 N–H and O–H groups in total. The molecule has 2 atom stereocenters. The van der Waals surface area contributed by atoms with Crippen LogP contribution in [0, 0.1) is 5.92 Å². The van der Waals surface area contributed by atoms with Crippen molar-refractivity contribution in [2.45, 2.75) is 32.4 Å². The average Bonchev–Trinajstić information content (AvgIpc) is 2.66. The van der Waals surface area contributed by atoms with Crippen molar-refractivity contribution in [2.24, 2.45) is 5.92 Å². The van der Waals surface area contributed by atoms with Gasteiger partial charge >= 0.3 is 0 Å². The van der Waals surface area contributed by atoms with Crippen LogP contribution in [-0.4, -0.2) is 31.6 Å². The van der Waals surface area contributed by atoms with E-state index in [0.717, 1.165) is 36.0 Å². The number of hydrogen-bond acceptors (Lipinski definition) is 3. The second-order valence-electron chi connectivity index (χ2n) is 7.50. The van der Waals surface area contributed by atoms with Crippen LogP contribution in [-0.2, 0) is 6.54 Å². The van der Waals surface area contributed by atoms with Crippen LogP contribution in [0.15, 0.2) is 42.5 Å². The number of rotatable bonds is 7. The zero-order valence-electron chi connectivity index (χ0n) is 16.1. The zero-order valence-corrected chi connectivity index (χ0v) is 17.6. The molecule has 0 radical (unpaired) electrons. The molecule has 27 heavy (non-hydrogen) atoms. The summed E-state index contributed by atoms with van der Waals surface area (Å²) in [7, 11) is 2.17. The van der Waals surface area contributed by atoms with E-state index < -0.39 is 0 Å². The fourth-order valence-electron chi connectivity index (χ4n) is 3.55. The van der Waals surface area contributed by atoms with E-state index in [1.807, 2.05) is 36.4 Å². The maximum Gasteiger partial charge on any atom is 0.138 e. The lowest BCUT2D eigenvalue weighted by molar-refractivity contribution is 0.150. The summed E-state index contributed by atoms with van der Waals surface area (Å²) < 4.78 is 6.07. The van der Waals surface area contributed by atoms with Gasteiger partial charge in [-0.2, -0.15) is 0 Å². The Labute approximate surface area is 172 Å². The molecule has 3 rings (SSSR count). The minimum atomic E-state index is 0.210. The molecule has 0 aliphatic carbocycles. The molecule has 1 heterocycles. The number of ether oxygens (including phenoxy) is 1. The van der Waals surface area contributed by atoms with Crippen LogP contribution < -0.4 is 10.1 Å². The van der Waals surface area contributed by atoms with Crippen LogP contribution in [0.2, 0.25) is 10.0 Å². The maximum atomic E-state index is 6.35. The van der Waals surface area contributed by atoms with Crippen LogP contribution in [0.25, 0.3) is 0 Å². The highest BCUT2D eigenvalue weighted by Crippen LogP contribution is 2.27. The first-order chi connectivity index (χ1) is 13.0. The summed E-state index contributed by atoms with van der Waals surface area (Å²) in [6.45, 7) is 5.88. The lowest BCUT2D eigenvalue weighted by Gasteiger charge is -2.29. The van der Waals surface area contributed by atoms with E-state index in [1.54, 1.807) is 0 Å². The Bertz CT molecular complexity index is 753. The quantitative estimate of drug-likeness (QED) is 0.650. The molecule has 1 aliphatic rings. The third kappa shape index (κ3) is 6.11. The van der Waals surface area contributed by atoms with Gasteiger partial charge in [0.05, 0.1) is 11.6 Å². The van der Waals surface area contributed by atoms with Crippen molar-refractivity contribution in [2.75, 3.05) is 26.7 Å². The molecule has 0 bridgehead atoms. The molecule has 1 saturated heterocycles. The molecule has 1 aliphatic heterocycles. The Morgan fingerprint density at radius 2 is 2.07 bits per heavy atom. The van der Waals surface area contributed by atoms with E-state index in [4.69, 9.17) is 27.9 Å². The van der Waals surface area contributed by atoms with Gasteiger partial charge in [0.15, 0.2) is 0 Å². The van der Waals surface area contributed by atoms with E-state index >= 15 is 0 Å². The van der Waals surface area contributed by atoms with Crippen LogP contribution in [0.1, 0.15) is 36.9 Å². The number of piperidine rings is 1. The molecule has 2 aromatic carbocycles. The van der Waals surface area contributed by atoms with Gasteiger partial charge in [-0.15, -0.1) is 0 Å². The third-order valence-corrected chi connectivity index (χ3v) is 5.70. The number of benzene rings is 2. The van der Waals surface area contributed by atoms with Gasteiger partial charge in [0.25, 0.3) is 0 Å². The minimum absolute atomic E-state index is 0.210. The Kier molecular flexibility index (Phi) is 7.42. The predicted molar refractivity (Wildman–Crippen MR) is 114 cm³/mol.